The molecule has 0 fully saturated rings. The summed E-state index contributed by atoms with van der Waals surface area (Å²) < 4.78 is 5.17. The van der Waals surface area contributed by atoms with E-state index in [4.69, 9.17) is 4.74 Å². The fourth-order valence-corrected chi connectivity index (χ4v) is 2.97. The van der Waals surface area contributed by atoms with Gasteiger partial charge in [0.05, 0.1) is 13.7 Å². The van der Waals surface area contributed by atoms with Crippen molar-refractivity contribution in [3.63, 3.8) is 0 Å². The molecule has 0 unspecified atom stereocenters. The van der Waals surface area contributed by atoms with Crippen LogP contribution in [0.1, 0.15) is 21.7 Å². The second-order valence-electron chi connectivity index (χ2n) is 6.72. The van der Waals surface area contributed by atoms with Crippen LogP contribution in [0, 0.1) is 0 Å². The largest absolute Gasteiger partial charge is 0.497 e. The lowest BCUT2D eigenvalue weighted by Gasteiger charge is -2.11. The molecule has 3 aromatic rings. The molecule has 0 spiro atoms. The SMILES string of the molecule is CN=C(NCCc1cccc(C(=O)NC)c1)NCc1nc(-c2ccc(OC)cc2)n[nH]1. The van der Waals surface area contributed by atoms with E-state index in [9.17, 15) is 4.79 Å². The Morgan fingerprint density at radius 3 is 2.68 bits per heavy atom. The Balaban J connectivity index is 1.49. The molecule has 0 aliphatic rings. The maximum Gasteiger partial charge on any atom is 0.251 e. The lowest BCUT2D eigenvalue weighted by atomic mass is 10.1. The molecule has 0 radical (unpaired) electrons. The number of hydrogen-bond donors (Lipinski definition) is 4. The smallest absolute Gasteiger partial charge is 0.251 e. The number of methoxy groups -OCH3 is 1. The number of amides is 1. The Hall–Kier alpha value is -3.88. The molecule has 31 heavy (non-hydrogen) atoms. The fraction of sp³-hybridized carbons (Fsp3) is 0.273. The molecule has 9 heteroatoms. The van der Waals surface area contributed by atoms with E-state index >= 15 is 0 Å². The maximum absolute atomic E-state index is 11.8. The molecule has 3 rings (SSSR count). The van der Waals surface area contributed by atoms with Gasteiger partial charge in [-0.25, -0.2) is 4.98 Å². The molecule has 0 aliphatic carbocycles. The molecule has 0 saturated carbocycles. The predicted molar refractivity (Wildman–Crippen MR) is 120 cm³/mol. The Bertz CT molecular complexity index is 1030. The molecule has 0 atom stereocenters. The summed E-state index contributed by atoms with van der Waals surface area (Å²) in [6.07, 6.45) is 0.759. The summed E-state index contributed by atoms with van der Waals surface area (Å²) in [5, 5.41) is 16.3. The van der Waals surface area contributed by atoms with Gasteiger partial charge in [-0.05, 0) is 48.4 Å². The number of guanidine groups is 1. The van der Waals surface area contributed by atoms with Crippen LogP contribution in [-0.2, 0) is 13.0 Å². The number of benzene rings is 2. The summed E-state index contributed by atoms with van der Waals surface area (Å²) >= 11 is 0. The molecule has 4 N–H and O–H groups in total. The van der Waals surface area contributed by atoms with Crippen molar-refractivity contribution < 1.29 is 9.53 Å². The van der Waals surface area contributed by atoms with Crippen LogP contribution in [0.3, 0.4) is 0 Å². The molecule has 162 valence electrons. The highest BCUT2D eigenvalue weighted by atomic mass is 16.5. The van der Waals surface area contributed by atoms with Crippen molar-refractivity contribution >= 4 is 11.9 Å². The summed E-state index contributed by atoms with van der Waals surface area (Å²) in [5.74, 6) is 2.68. The quantitative estimate of drug-likeness (QED) is 0.325. The van der Waals surface area contributed by atoms with Gasteiger partial charge in [0.15, 0.2) is 11.8 Å². The van der Waals surface area contributed by atoms with E-state index in [1.54, 1.807) is 27.3 Å². The Morgan fingerprint density at radius 1 is 1.16 bits per heavy atom. The van der Waals surface area contributed by atoms with E-state index in [0.717, 1.165) is 23.3 Å². The van der Waals surface area contributed by atoms with Crippen LogP contribution >= 0.6 is 0 Å². The Labute approximate surface area is 181 Å². The number of hydrogen-bond acceptors (Lipinski definition) is 5. The first-order valence-corrected chi connectivity index (χ1v) is 9.94. The third kappa shape index (κ3) is 6.05. The standard InChI is InChI=1S/C22H27N7O2/c1-23-21(30)17-6-4-5-15(13-17)11-12-25-22(24-2)26-14-19-27-20(29-28-19)16-7-9-18(31-3)10-8-16/h4-10,13H,11-12,14H2,1-3H3,(H,23,30)(H2,24,25,26)(H,27,28,29). The van der Waals surface area contributed by atoms with E-state index in [1.165, 1.54) is 0 Å². The topological polar surface area (TPSA) is 116 Å². The van der Waals surface area contributed by atoms with Crippen LogP contribution in [0.4, 0.5) is 0 Å². The highest BCUT2D eigenvalue weighted by Crippen LogP contribution is 2.18. The highest BCUT2D eigenvalue weighted by molar-refractivity contribution is 5.94. The molecule has 1 aromatic heterocycles. The number of aliphatic imine (C=N–C) groups is 1. The number of aromatic nitrogens is 3. The van der Waals surface area contributed by atoms with Crippen molar-refractivity contribution in [2.24, 2.45) is 4.99 Å². The number of carbonyl (C=O) groups is 1. The lowest BCUT2D eigenvalue weighted by Crippen LogP contribution is -2.38. The van der Waals surface area contributed by atoms with Gasteiger partial charge in [0, 0.05) is 31.8 Å². The third-order valence-electron chi connectivity index (χ3n) is 4.65. The number of H-pyrrole nitrogens is 1. The highest BCUT2D eigenvalue weighted by Gasteiger charge is 2.08. The molecule has 1 heterocycles. The van der Waals surface area contributed by atoms with Crippen molar-refractivity contribution in [3.05, 3.63) is 65.5 Å². The van der Waals surface area contributed by atoms with Crippen molar-refractivity contribution in [3.8, 4) is 17.1 Å². The maximum atomic E-state index is 11.8. The summed E-state index contributed by atoms with van der Waals surface area (Å²) in [5.41, 5.74) is 2.63. The first-order chi connectivity index (χ1) is 15.1. The number of aromatic amines is 1. The zero-order chi connectivity index (χ0) is 22.1. The lowest BCUT2D eigenvalue weighted by molar-refractivity contribution is 0.0963. The molecule has 0 aliphatic heterocycles. The summed E-state index contributed by atoms with van der Waals surface area (Å²) in [7, 11) is 4.97. The summed E-state index contributed by atoms with van der Waals surface area (Å²) in [6, 6.07) is 15.2. The fourth-order valence-electron chi connectivity index (χ4n) is 2.97. The van der Waals surface area contributed by atoms with Gasteiger partial charge in [-0.2, -0.15) is 5.10 Å². The minimum Gasteiger partial charge on any atom is -0.497 e. The van der Waals surface area contributed by atoms with Gasteiger partial charge in [-0.15, -0.1) is 0 Å². The number of nitrogens with zero attached hydrogens (tertiary/aromatic N) is 3. The van der Waals surface area contributed by atoms with E-state index in [1.807, 2.05) is 42.5 Å². The van der Waals surface area contributed by atoms with Gasteiger partial charge in [0.25, 0.3) is 5.91 Å². The molecule has 0 bridgehead atoms. The van der Waals surface area contributed by atoms with E-state index in [-0.39, 0.29) is 5.91 Å². The second-order valence-corrected chi connectivity index (χ2v) is 6.72. The molecule has 9 nitrogen and oxygen atoms in total. The molecule has 1 amide bonds. The number of nitrogens with one attached hydrogen (secondary N) is 4. The first-order valence-electron chi connectivity index (χ1n) is 9.94. The van der Waals surface area contributed by atoms with Crippen LogP contribution in [0.25, 0.3) is 11.4 Å². The monoisotopic (exact) mass is 421 g/mol. The average molecular weight is 422 g/mol. The molecular weight excluding hydrogens is 394 g/mol. The molecule has 2 aromatic carbocycles. The van der Waals surface area contributed by atoms with E-state index in [2.05, 4.69) is 36.1 Å². The average Bonchev–Trinajstić information content (AvgIpc) is 3.30. The number of ether oxygens (including phenoxy) is 1. The van der Waals surface area contributed by atoms with Crippen LogP contribution in [0.15, 0.2) is 53.5 Å². The van der Waals surface area contributed by atoms with Gasteiger partial charge < -0.3 is 20.7 Å². The van der Waals surface area contributed by atoms with Crippen molar-refractivity contribution in [1.29, 1.82) is 0 Å². The van der Waals surface area contributed by atoms with Crippen molar-refractivity contribution in [1.82, 2.24) is 31.1 Å². The number of rotatable bonds is 8. The first kappa shape index (κ1) is 21.8. The number of carbonyl (C=O) groups excluding carboxylic acids is 1. The second kappa shape index (κ2) is 10.8. The van der Waals surface area contributed by atoms with Gasteiger partial charge in [-0.3, -0.25) is 14.9 Å². The van der Waals surface area contributed by atoms with Crippen LogP contribution < -0.4 is 20.7 Å². The van der Waals surface area contributed by atoms with Gasteiger partial charge >= 0.3 is 0 Å². The van der Waals surface area contributed by atoms with Crippen LogP contribution in [0.5, 0.6) is 5.75 Å². The van der Waals surface area contributed by atoms with E-state index < -0.39 is 0 Å². The summed E-state index contributed by atoms with van der Waals surface area (Å²) in [6.45, 7) is 1.12. The molecule has 0 saturated heterocycles. The summed E-state index contributed by atoms with van der Waals surface area (Å²) in [4.78, 5) is 20.5. The van der Waals surface area contributed by atoms with Crippen molar-refractivity contribution in [2.75, 3.05) is 27.7 Å². The zero-order valence-corrected chi connectivity index (χ0v) is 17.9. The molecular formula is C22H27N7O2. The van der Waals surface area contributed by atoms with Crippen LogP contribution in [-0.4, -0.2) is 54.8 Å². The van der Waals surface area contributed by atoms with Gasteiger partial charge in [0.1, 0.15) is 11.6 Å². The third-order valence-corrected chi connectivity index (χ3v) is 4.65. The van der Waals surface area contributed by atoms with Crippen molar-refractivity contribution in [2.45, 2.75) is 13.0 Å². The minimum absolute atomic E-state index is 0.0895. The normalized spacial score (nSPS) is 11.1. The van der Waals surface area contributed by atoms with Gasteiger partial charge in [-0.1, -0.05) is 12.1 Å². The predicted octanol–water partition coefficient (Wildman–Crippen LogP) is 1.75. The minimum atomic E-state index is -0.0895. The Kier molecular flexibility index (Phi) is 7.58. The van der Waals surface area contributed by atoms with E-state index in [0.29, 0.717) is 36.3 Å². The van der Waals surface area contributed by atoms with Gasteiger partial charge in [0.2, 0.25) is 0 Å². The van der Waals surface area contributed by atoms with Crippen LogP contribution in [0.2, 0.25) is 0 Å². The Morgan fingerprint density at radius 2 is 1.97 bits per heavy atom. The zero-order valence-electron chi connectivity index (χ0n) is 17.9.